The Morgan fingerprint density at radius 3 is 2.03 bits per heavy atom. The summed E-state index contributed by atoms with van der Waals surface area (Å²) in [7, 11) is 2.38. The maximum absolute atomic E-state index is 13.3. The van der Waals surface area contributed by atoms with Crippen LogP contribution in [0.5, 0.6) is 0 Å². The van der Waals surface area contributed by atoms with Gasteiger partial charge in [-0.15, -0.1) is 0 Å². The van der Waals surface area contributed by atoms with Crippen LogP contribution in [0, 0.1) is 5.92 Å². The molecule has 0 aliphatic heterocycles. The minimum Gasteiger partial charge on any atom is -0.469 e. The first-order valence-corrected chi connectivity index (χ1v) is 9.22. The van der Waals surface area contributed by atoms with Gasteiger partial charge in [0.2, 0.25) is 5.91 Å². The van der Waals surface area contributed by atoms with Crippen molar-refractivity contribution >= 4 is 23.8 Å². The van der Waals surface area contributed by atoms with Crippen molar-refractivity contribution in [3.8, 4) is 0 Å². The van der Waals surface area contributed by atoms with Crippen molar-refractivity contribution in [1.82, 2.24) is 4.90 Å². The molecule has 1 aromatic rings. The number of rotatable bonds is 8. The highest BCUT2D eigenvalue weighted by Crippen LogP contribution is 2.20. The van der Waals surface area contributed by atoms with Gasteiger partial charge in [-0.05, 0) is 33.3 Å². The van der Waals surface area contributed by atoms with Crippen LogP contribution >= 0.6 is 0 Å². The fraction of sp³-hybridized carbons (Fsp3) is 0.524. The molecule has 0 radical (unpaired) electrons. The van der Waals surface area contributed by atoms with Crippen LogP contribution in [0.15, 0.2) is 30.3 Å². The van der Waals surface area contributed by atoms with Gasteiger partial charge in [-0.25, -0.2) is 4.79 Å². The normalized spacial score (nSPS) is 13.0. The summed E-state index contributed by atoms with van der Waals surface area (Å²) in [6.07, 6.45) is -0.497. The van der Waals surface area contributed by atoms with Crippen LogP contribution in [0.2, 0.25) is 0 Å². The molecule has 1 rings (SSSR count). The van der Waals surface area contributed by atoms with Crippen LogP contribution < -0.4 is 0 Å². The van der Waals surface area contributed by atoms with E-state index in [0.717, 1.165) is 12.7 Å². The van der Waals surface area contributed by atoms with Gasteiger partial charge in [0.1, 0.15) is 17.6 Å². The van der Waals surface area contributed by atoms with E-state index in [1.54, 1.807) is 45.0 Å². The van der Waals surface area contributed by atoms with Crippen LogP contribution in [0.4, 0.5) is 0 Å². The number of carbonyl (C=O) groups is 4. The molecule has 160 valence electrons. The molecule has 0 bridgehead atoms. The lowest BCUT2D eigenvalue weighted by Crippen LogP contribution is -2.49. The average molecular weight is 407 g/mol. The number of hydrogen-bond donors (Lipinski definition) is 0. The molecule has 8 heteroatoms. The smallest absolute Gasteiger partial charge is 0.328 e. The first-order valence-electron chi connectivity index (χ1n) is 9.22. The minimum absolute atomic E-state index is 0.0520. The summed E-state index contributed by atoms with van der Waals surface area (Å²) in [5, 5.41) is 0. The number of esters is 3. The first kappa shape index (κ1) is 24.1. The molecule has 0 saturated heterocycles. The predicted molar refractivity (Wildman–Crippen MR) is 104 cm³/mol. The van der Waals surface area contributed by atoms with Crippen molar-refractivity contribution in [2.75, 3.05) is 14.2 Å². The molecule has 0 N–H and O–H groups in total. The second kappa shape index (κ2) is 10.6. The van der Waals surface area contributed by atoms with E-state index in [4.69, 9.17) is 9.47 Å². The number of hydrogen-bond acceptors (Lipinski definition) is 7. The van der Waals surface area contributed by atoms with E-state index >= 15 is 0 Å². The largest absolute Gasteiger partial charge is 0.469 e. The Labute approximate surface area is 171 Å². The van der Waals surface area contributed by atoms with Gasteiger partial charge in [-0.3, -0.25) is 14.4 Å². The molecule has 29 heavy (non-hydrogen) atoms. The van der Waals surface area contributed by atoms with Gasteiger partial charge < -0.3 is 19.1 Å². The number of carbonyl (C=O) groups excluding carboxylic acids is 4. The monoisotopic (exact) mass is 407 g/mol. The van der Waals surface area contributed by atoms with Crippen LogP contribution in [-0.2, 0) is 39.9 Å². The number of amides is 1. The first-order chi connectivity index (χ1) is 13.5. The Bertz CT molecular complexity index is 724. The summed E-state index contributed by atoms with van der Waals surface area (Å²) in [6, 6.07) is 8.00. The van der Waals surface area contributed by atoms with E-state index < -0.39 is 47.8 Å². The van der Waals surface area contributed by atoms with E-state index in [9.17, 15) is 19.2 Å². The van der Waals surface area contributed by atoms with Gasteiger partial charge in [-0.1, -0.05) is 30.3 Å². The molecular formula is C21H29NO7. The highest BCUT2D eigenvalue weighted by Gasteiger charge is 2.39. The fourth-order valence-corrected chi connectivity index (χ4v) is 2.58. The van der Waals surface area contributed by atoms with Gasteiger partial charge in [0.25, 0.3) is 0 Å². The third kappa shape index (κ3) is 7.56. The molecule has 0 spiro atoms. The van der Waals surface area contributed by atoms with Gasteiger partial charge in [0, 0.05) is 6.54 Å². The van der Waals surface area contributed by atoms with Crippen molar-refractivity contribution in [1.29, 1.82) is 0 Å². The number of benzene rings is 1. The summed E-state index contributed by atoms with van der Waals surface area (Å²) < 4.78 is 14.7. The molecule has 0 heterocycles. The zero-order valence-electron chi connectivity index (χ0n) is 17.8. The Kier molecular flexibility index (Phi) is 8.82. The zero-order chi connectivity index (χ0) is 22.2. The van der Waals surface area contributed by atoms with Crippen molar-refractivity contribution in [2.45, 2.75) is 52.3 Å². The minimum atomic E-state index is -1.45. The van der Waals surface area contributed by atoms with Crippen LogP contribution in [0.25, 0.3) is 0 Å². The van der Waals surface area contributed by atoms with E-state index in [1.807, 2.05) is 6.07 Å². The maximum atomic E-state index is 13.3. The summed E-state index contributed by atoms with van der Waals surface area (Å²) in [4.78, 5) is 51.2. The molecule has 1 aromatic carbocycles. The SMILES string of the molecule is COC(=O)CC(C(=O)OC(C)(C)C)C(=O)N(Cc1ccccc1)[C@H](C)C(=O)OC. The summed E-state index contributed by atoms with van der Waals surface area (Å²) >= 11 is 0. The molecule has 1 amide bonds. The molecule has 0 aromatic heterocycles. The van der Waals surface area contributed by atoms with Crippen molar-refractivity contribution in [2.24, 2.45) is 5.92 Å². The Morgan fingerprint density at radius 2 is 1.55 bits per heavy atom. The molecule has 0 aliphatic carbocycles. The Morgan fingerprint density at radius 1 is 0.966 bits per heavy atom. The van der Waals surface area contributed by atoms with E-state index in [-0.39, 0.29) is 6.54 Å². The Balaban J connectivity index is 3.27. The topological polar surface area (TPSA) is 99.2 Å². The molecule has 8 nitrogen and oxygen atoms in total. The highest BCUT2D eigenvalue weighted by atomic mass is 16.6. The third-order valence-corrected chi connectivity index (χ3v) is 4.08. The van der Waals surface area contributed by atoms with E-state index in [2.05, 4.69) is 4.74 Å². The second-order valence-corrected chi connectivity index (χ2v) is 7.52. The van der Waals surface area contributed by atoms with Crippen molar-refractivity contribution < 1.29 is 33.4 Å². The lowest BCUT2D eigenvalue weighted by Gasteiger charge is -2.31. The third-order valence-electron chi connectivity index (χ3n) is 4.08. The second-order valence-electron chi connectivity index (χ2n) is 7.52. The molecule has 0 saturated carbocycles. The van der Waals surface area contributed by atoms with Crippen molar-refractivity contribution in [3.05, 3.63) is 35.9 Å². The standard InChI is InChI=1S/C21H29NO7/c1-14(19(25)28-6)22(13-15-10-8-7-9-11-15)18(24)16(12-17(23)27-5)20(26)29-21(2,3)4/h7-11,14,16H,12-13H2,1-6H3/t14-,16?/m1/s1. The Hall–Kier alpha value is -2.90. The maximum Gasteiger partial charge on any atom is 0.328 e. The van der Waals surface area contributed by atoms with Gasteiger partial charge in [0.15, 0.2) is 0 Å². The highest BCUT2D eigenvalue weighted by molar-refractivity contribution is 6.01. The predicted octanol–water partition coefficient (Wildman–Crippen LogP) is 2.10. The van der Waals surface area contributed by atoms with Crippen molar-refractivity contribution in [3.63, 3.8) is 0 Å². The van der Waals surface area contributed by atoms with Crippen LogP contribution in [0.3, 0.4) is 0 Å². The number of ether oxygens (including phenoxy) is 3. The summed E-state index contributed by atoms with van der Waals surface area (Å²) in [6.45, 7) is 6.52. The fourth-order valence-electron chi connectivity index (χ4n) is 2.58. The zero-order valence-corrected chi connectivity index (χ0v) is 17.8. The number of nitrogens with zero attached hydrogens (tertiary/aromatic N) is 1. The van der Waals surface area contributed by atoms with E-state index in [0.29, 0.717) is 0 Å². The van der Waals surface area contributed by atoms with E-state index in [1.165, 1.54) is 18.9 Å². The molecule has 2 atom stereocenters. The molecule has 0 fully saturated rings. The lowest BCUT2D eigenvalue weighted by molar-refractivity contribution is -0.170. The molecular weight excluding hydrogens is 378 g/mol. The summed E-state index contributed by atoms with van der Waals surface area (Å²) in [5.74, 6) is -4.40. The van der Waals surface area contributed by atoms with Gasteiger partial charge in [-0.2, -0.15) is 0 Å². The van der Waals surface area contributed by atoms with Crippen LogP contribution in [0.1, 0.15) is 39.7 Å². The lowest BCUT2D eigenvalue weighted by atomic mass is 10.0. The van der Waals surface area contributed by atoms with Crippen LogP contribution in [-0.4, -0.2) is 54.6 Å². The average Bonchev–Trinajstić information content (AvgIpc) is 2.67. The van der Waals surface area contributed by atoms with Gasteiger partial charge in [0.05, 0.1) is 20.6 Å². The quantitative estimate of drug-likeness (QED) is 0.370. The summed E-state index contributed by atoms with van der Waals surface area (Å²) in [5.41, 5.74) is -0.109. The molecule has 1 unspecified atom stereocenters. The van der Waals surface area contributed by atoms with Gasteiger partial charge >= 0.3 is 17.9 Å². The molecule has 0 aliphatic rings. The number of methoxy groups -OCH3 is 2.